The molecule has 1 N–H and O–H groups in total. The topological polar surface area (TPSA) is 55.7 Å². The fourth-order valence-corrected chi connectivity index (χ4v) is 4.65. The highest BCUT2D eigenvalue weighted by Crippen LogP contribution is 2.37. The average molecular weight is 396 g/mol. The number of aliphatic hydroxyl groups is 1. The van der Waals surface area contributed by atoms with Crippen LogP contribution in [0.1, 0.15) is 30.9 Å². The molecule has 1 aromatic carbocycles. The van der Waals surface area contributed by atoms with Crippen molar-refractivity contribution in [2.24, 2.45) is 0 Å². The van der Waals surface area contributed by atoms with Crippen LogP contribution in [0.15, 0.2) is 42.7 Å². The summed E-state index contributed by atoms with van der Waals surface area (Å²) in [6, 6.07) is 10.2. The van der Waals surface area contributed by atoms with Crippen molar-refractivity contribution < 1.29 is 5.11 Å². The molecule has 4 rings (SSSR count). The third kappa shape index (κ3) is 4.29. The summed E-state index contributed by atoms with van der Waals surface area (Å²) in [5.74, 6) is 0.777. The second kappa shape index (κ2) is 8.78. The quantitative estimate of drug-likeness (QED) is 0.837. The van der Waals surface area contributed by atoms with E-state index in [0.29, 0.717) is 6.42 Å². The van der Waals surface area contributed by atoms with Gasteiger partial charge in [0, 0.05) is 51.7 Å². The van der Waals surface area contributed by atoms with Crippen molar-refractivity contribution in [1.82, 2.24) is 19.8 Å². The Morgan fingerprint density at radius 3 is 2.38 bits per heavy atom. The fraction of sp³-hybridized carbons (Fsp3) is 0.565. The van der Waals surface area contributed by atoms with E-state index in [2.05, 4.69) is 50.8 Å². The Bertz CT molecular complexity index is 776. The summed E-state index contributed by atoms with van der Waals surface area (Å²) in [4.78, 5) is 16.3. The first-order chi connectivity index (χ1) is 14.1. The molecular weight excluding hydrogens is 362 g/mol. The van der Waals surface area contributed by atoms with Crippen LogP contribution in [-0.2, 0) is 12.0 Å². The lowest BCUT2D eigenvalue weighted by Crippen LogP contribution is -2.64. The Balaban J connectivity index is 1.59. The summed E-state index contributed by atoms with van der Waals surface area (Å²) in [7, 11) is 2.17. The zero-order valence-electron chi connectivity index (χ0n) is 17.7. The molecule has 6 nitrogen and oxygen atoms in total. The zero-order valence-corrected chi connectivity index (χ0v) is 17.7. The average Bonchev–Trinajstić information content (AvgIpc) is 2.76. The van der Waals surface area contributed by atoms with Crippen LogP contribution in [0.2, 0.25) is 0 Å². The maximum Gasteiger partial charge on any atom is 0.225 e. The van der Waals surface area contributed by atoms with Gasteiger partial charge in [-0.25, -0.2) is 9.97 Å². The first-order valence-electron chi connectivity index (χ1n) is 10.9. The molecule has 0 amide bonds. The molecule has 2 aromatic rings. The molecule has 1 aromatic heterocycles. The maximum absolute atomic E-state index is 11.9. The largest absolute Gasteiger partial charge is 0.383 e. The molecule has 2 fully saturated rings. The van der Waals surface area contributed by atoms with Gasteiger partial charge in [0.1, 0.15) is 5.60 Å². The third-order valence-corrected chi connectivity index (χ3v) is 6.47. The Morgan fingerprint density at radius 2 is 1.72 bits per heavy atom. The molecule has 2 aliphatic heterocycles. The van der Waals surface area contributed by atoms with E-state index in [4.69, 9.17) is 0 Å². The SMILES string of the molecule is CCCc1cnc(N2CC[C@](O)(c3ccccc3)[C@H](N3CCN(C)CC3)C2)nc1. The van der Waals surface area contributed by atoms with Gasteiger partial charge in [0.05, 0.1) is 6.04 Å². The van der Waals surface area contributed by atoms with Crippen LogP contribution >= 0.6 is 0 Å². The number of piperidine rings is 1. The van der Waals surface area contributed by atoms with Crippen molar-refractivity contribution in [3.05, 3.63) is 53.9 Å². The molecular formula is C23H33N5O. The molecule has 2 aliphatic rings. The van der Waals surface area contributed by atoms with Gasteiger partial charge in [-0.15, -0.1) is 0 Å². The van der Waals surface area contributed by atoms with Crippen LogP contribution in [0.5, 0.6) is 0 Å². The number of anilines is 1. The van der Waals surface area contributed by atoms with Gasteiger partial charge in [-0.3, -0.25) is 4.90 Å². The summed E-state index contributed by atoms with van der Waals surface area (Å²) in [6.07, 6.45) is 6.69. The predicted molar refractivity (Wildman–Crippen MR) is 116 cm³/mol. The second-order valence-corrected chi connectivity index (χ2v) is 8.48. The van der Waals surface area contributed by atoms with Gasteiger partial charge < -0.3 is 14.9 Å². The van der Waals surface area contributed by atoms with E-state index in [1.54, 1.807) is 0 Å². The van der Waals surface area contributed by atoms with E-state index in [-0.39, 0.29) is 6.04 Å². The molecule has 6 heteroatoms. The number of rotatable bonds is 5. The van der Waals surface area contributed by atoms with Gasteiger partial charge in [0.2, 0.25) is 5.95 Å². The number of aromatic nitrogens is 2. The van der Waals surface area contributed by atoms with E-state index in [0.717, 1.165) is 63.6 Å². The molecule has 0 aliphatic carbocycles. The molecule has 2 saturated heterocycles. The molecule has 0 bridgehead atoms. The van der Waals surface area contributed by atoms with Crippen molar-refractivity contribution in [1.29, 1.82) is 0 Å². The minimum absolute atomic E-state index is 0.0197. The molecule has 29 heavy (non-hydrogen) atoms. The molecule has 0 unspecified atom stereocenters. The highest BCUT2D eigenvalue weighted by atomic mass is 16.3. The second-order valence-electron chi connectivity index (χ2n) is 8.48. The van der Waals surface area contributed by atoms with E-state index < -0.39 is 5.60 Å². The fourth-order valence-electron chi connectivity index (χ4n) is 4.65. The van der Waals surface area contributed by atoms with Crippen LogP contribution in [-0.4, -0.2) is 77.2 Å². The minimum Gasteiger partial charge on any atom is -0.383 e. The molecule has 0 radical (unpaired) electrons. The predicted octanol–water partition coefficient (Wildman–Crippen LogP) is 2.14. The molecule has 2 atom stereocenters. The number of hydrogen-bond acceptors (Lipinski definition) is 6. The molecule has 0 spiro atoms. The van der Waals surface area contributed by atoms with Gasteiger partial charge in [0.15, 0.2) is 0 Å². The summed E-state index contributed by atoms with van der Waals surface area (Å²) in [5, 5.41) is 11.9. The summed E-state index contributed by atoms with van der Waals surface area (Å²) >= 11 is 0. The Morgan fingerprint density at radius 1 is 1.03 bits per heavy atom. The third-order valence-electron chi connectivity index (χ3n) is 6.47. The van der Waals surface area contributed by atoms with E-state index in [1.165, 1.54) is 5.56 Å². The van der Waals surface area contributed by atoms with Crippen LogP contribution < -0.4 is 4.90 Å². The summed E-state index contributed by atoms with van der Waals surface area (Å²) in [6.45, 7) is 7.67. The zero-order chi connectivity index (χ0) is 20.3. The van der Waals surface area contributed by atoms with Crippen LogP contribution in [0.3, 0.4) is 0 Å². The molecule has 156 valence electrons. The number of benzene rings is 1. The number of hydrogen-bond donors (Lipinski definition) is 1. The Hall–Kier alpha value is -2.02. The smallest absolute Gasteiger partial charge is 0.225 e. The van der Waals surface area contributed by atoms with E-state index >= 15 is 0 Å². The van der Waals surface area contributed by atoms with Crippen LogP contribution in [0, 0.1) is 0 Å². The standard InChI is InChI=1S/C23H33N5O/c1-3-7-19-16-24-22(25-17-19)28-11-10-23(29,20-8-5-4-6-9-20)21(18-28)27-14-12-26(2)13-15-27/h4-6,8-9,16-17,21,29H,3,7,10-15,18H2,1-2H3/t21-,23+/m1/s1. The van der Waals surface area contributed by atoms with Crippen molar-refractivity contribution in [3.63, 3.8) is 0 Å². The van der Waals surface area contributed by atoms with Gasteiger partial charge in [0.25, 0.3) is 0 Å². The first-order valence-corrected chi connectivity index (χ1v) is 10.9. The number of nitrogens with zero attached hydrogens (tertiary/aromatic N) is 5. The van der Waals surface area contributed by atoms with E-state index in [1.807, 2.05) is 30.6 Å². The molecule has 0 saturated carbocycles. The lowest BCUT2D eigenvalue weighted by atomic mass is 9.79. The van der Waals surface area contributed by atoms with Gasteiger partial charge >= 0.3 is 0 Å². The van der Waals surface area contributed by atoms with Crippen LogP contribution in [0.4, 0.5) is 5.95 Å². The van der Waals surface area contributed by atoms with Crippen molar-refractivity contribution >= 4 is 5.95 Å². The van der Waals surface area contributed by atoms with E-state index in [9.17, 15) is 5.11 Å². The minimum atomic E-state index is -0.851. The van der Waals surface area contributed by atoms with Crippen molar-refractivity contribution in [3.8, 4) is 0 Å². The lowest BCUT2D eigenvalue weighted by Gasteiger charge is -2.51. The number of aryl methyl sites for hydroxylation is 1. The van der Waals surface area contributed by atoms with Gasteiger partial charge in [-0.1, -0.05) is 43.7 Å². The lowest BCUT2D eigenvalue weighted by molar-refractivity contribution is -0.0758. The normalized spacial score (nSPS) is 26.6. The Labute approximate surface area is 174 Å². The van der Waals surface area contributed by atoms with Gasteiger partial charge in [-0.2, -0.15) is 0 Å². The highest BCUT2D eigenvalue weighted by molar-refractivity contribution is 5.36. The number of piperazine rings is 1. The summed E-state index contributed by atoms with van der Waals surface area (Å²) in [5.41, 5.74) is 1.35. The first kappa shape index (κ1) is 20.3. The molecule has 3 heterocycles. The van der Waals surface area contributed by atoms with Crippen LogP contribution in [0.25, 0.3) is 0 Å². The van der Waals surface area contributed by atoms with Crippen molar-refractivity contribution in [2.45, 2.75) is 37.8 Å². The monoisotopic (exact) mass is 395 g/mol. The van der Waals surface area contributed by atoms with Gasteiger partial charge in [-0.05, 0) is 31.0 Å². The highest BCUT2D eigenvalue weighted by Gasteiger charge is 2.46. The maximum atomic E-state index is 11.9. The summed E-state index contributed by atoms with van der Waals surface area (Å²) < 4.78 is 0. The Kier molecular flexibility index (Phi) is 6.13. The number of likely N-dealkylation sites (N-methyl/N-ethyl adjacent to an activating group) is 1. The van der Waals surface area contributed by atoms with Crippen molar-refractivity contribution in [2.75, 3.05) is 51.2 Å².